The fourth-order valence-electron chi connectivity index (χ4n) is 2.40. The number of aromatic nitrogens is 2. The van der Waals surface area contributed by atoms with Crippen molar-refractivity contribution in [1.29, 1.82) is 0 Å². The molecule has 2 heterocycles. The van der Waals surface area contributed by atoms with Gasteiger partial charge in [-0.1, -0.05) is 30.3 Å². The van der Waals surface area contributed by atoms with Crippen LogP contribution in [0.4, 0.5) is 0 Å². The SMILES string of the molecule is NC1CN(Cc2ccccc2)Cc2[nH]ncc21. The first-order chi connectivity index (χ1) is 8.33. The lowest BCUT2D eigenvalue weighted by Gasteiger charge is -2.30. The van der Waals surface area contributed by atoms with Gasteiger partial charge in [-0.3, -0.25) is 10.00 Å². The van der Waals surface area contributed by atoms with Crippen molar-refractivity contribution in [2.24, 2.45) is 5.73 Å². The molecule has 0 saturated heterocycles. The fraction of sp³-hybridized carbons (Fsp3) is 0.308. The van der Waals surface area contributed by atoms with E-state index in [0.717, 1.165) is 30.9 Å². The maximum absolute atomic E-state index is 6.13. The van der Waals surface area contributed by atoms with Crippen molar-refractivity contribution in [2.75, 3.05) is 6.54 Å². The molecule has 0 saturated carbocycles. The van der Waals surface area contributed by atoms with Crippen molar-refractivity contribution in [3.8, 4) is 0 Å². The summed E-state index contributed by atoms with van der Waals surface area (Å²) in [6.07, 6.45) is 1.85. The van der Waals surface area contributed by atoms with Crippen molar-refractivity contribution in [1.82, 2.24) is 15.1 Å². The third kappa shape index (κ3) is 2.09. The van der Waals surface area contributed by atoms with Gasteiger partial charge in [-0.15, -0.1) is 0 Å². The Kier molecular flexibility index (Phi) is 2.66. The number of benzene rings is 1. The zero-order chi connectivity index (χ0) is 11.7. The lowest BCUT2D eigenvalue weighted by atomic mass is 10.0. The molecule has 3 rings (SSSR count). The molecule has 0 radical (unpaired) electrons. The van der Waals surface area contributed by atoms with E-state index in [1.807, 2.05) is 12.3 Å². The van der Waals surface area contributed by atoms with E-state index in [0.29, 0.717) is 0 Å². The summed E-state index contributed by atoms with van der Waals surface area (Å²) in [6, 6.07) is 10.5. The summed E-state index contributed by atoms with van der Waals surface area (Å²) < 4.78 is 0. The van der Waals surface area contributed by atoms with Gasteiger partial charge in [0.2, 0.25) is 0 Å². The predicted octanol–water partition coefficient (Wildman–Crippen LogP) is 1.43. The number of nitrogens with one attached hydrogen (secondary N) is 1. The molecule has 1 aromatic carbocycles. The summed E-state index contributed by atoms with van der Waals surface area (Å²) in [5.74, 6) is 0. The number of hydrogen-bond donors (Lipinski definition) is 2. The van der Waals surface area contributed by atoms with Gasteiger partial charge in [-0.2, -0.15) is 5.10 Å². The highest BCUT2D eigenvalue weighted by atomic mass is 15.2. The second kappa shape index (κ2) is 4.31. The Morgan fingerprint density at radius 1 is 1.35 bits per heavy atom. The molecule has 4 heteroatoms. The van der Waals surface area contributed by atoms with Gasteiger partial charge in [0, 0.05) is 31.2 Å². The largest absolute Gasteiger partial charge is 0.323 e. The van der Waals surface area contributed by atoms with Crippen LogP contribution < -0.4 is 5.73 Å². The first-order valence-corrected chi connectivity index (χ1v) is 5.87. The van der Waals surface area contributed by atoms with Gasteiger partial charge in [0.05, 0.1) is 11.9 Å². The fourth-order valence-corrected chi connectivity index (χ4v) is 2.40. The number of nitrogens with two attached hydrogens (primary N) is 1. The Hall–Kier alpha value is -1.65. The van der Waals surface area contributed by atoms with E-state index in [9.17, 15) is 0 Å². The Morgan fingerprint density at radius 2 is 2.18 bits per heavy atom. The molecule has 2 aromatic rings. The van der Waals surface area contributed by atoms with Gasteiger partial charge in [-0.25, -0.2) is 0 Å². The number of fused-ring (bicyclic) bond motifs is 1. The summed E-state index contributed by atoms with van der Waals surface area (Å²) >= 11 is 0. The van der Waals surface area contributed by atoms with Crippen molar-refractivity contribution < 1.29 is 0 Å². The molecular weight excluding hydrogens is 212 g/mol. The van der Waals surface area contributed by atoms with Crippen LogP contribution in [0.1, 0.15) is 22.9 Å². The average Bonchev–Trinajstić information content (AvgIpc) is 2.79. The maximum Gasteiger partial charge on any atom is 0.0540 e. The van der Waals surface area contributed by atoms with Crippen molar-refractivity contribution in [2.45, 2.75) is 19.1 Å². The minimum absolute atomic E-state index is 0.0706. The molecule has 1 aliphatic heterocycles. The molecule has 0 spiro atoms. The smallest absolute Gasteiger partial charge is 0.0540 e. The van der Waals surface area contributed by atoms with Crippen LogP contribution in [0.5, 0.6) is 0 Å². The zero-order valence-electron chi connectivity index (χ0n) is 9.63. The minimum atomic E-state index is 0.0706. The van der Waals surface area contributed by atoms with Gasteiger partial charge < -0.3 is 5.73 Å². The maximum atomic E-state index is 6.13. The number of nitrogens with zero attached hydrogens (tertiary/aromatic N) is 2. The van der Waals surface area contributed by atoms with Crippen LogP contribution in [0.2, 0.25) is 0 Å². The van der Waals surface area contributed by atoms with Crippen LogP contribution in [0.3, 0.4) is 0 Å². The molecule has 17 heavy (non-hydrogen) atoms. The number of H-pyrrole nitrogens is 1. The Bertz CT molecular complexity index is 491. The standard InChI is InChI=1S/C13H16N4/c14-12-8-17(7-10-4-2-1-3-5-10)9-13-11(12)6-15-16-13/h1-6,12H,7-9,14H2,(H,15,16). The number of rotatable bonds is 2. The quantitative estimate of drug-likeness (QED) is 0.817. The van der Waals surface area contributed by atoms with E-state index in [4.69, 9.17) is 5.73 Å². The molecule has 88 valence electrons. The highest BCUT2D eigenvalue weighted by molar-refractivity contribution is 5.24. The Balaban J connectivity index is 1.76. The van der Waals surface area contributed by atoms with Gasteiger partial charge >= 0.3 is 0 Å². The normalized spacial score (nSPS) is 20.2. The number of aromatic amines is 1. The summed E-state index contributed by atoms with van der Waals surface area (Å²) in [4.78, 5) is 2.35. The second-order valence-electron chi connectivity index (χ2n) is 4.57. The molecule has 0 fully saturated rings. The van der Waals surface area contributed by atoms with Crippen LogP contribution in [0.15, 0.2) is 36.5 Å². The van der Waals surface area contributed by atoms with E-state index >= 15 is 0 Å². The van der Waals surface area contributed by atoms with Crippen molar-refractivity contribution in [3.05, 3.63) is 53.3 Å². The first kappa shape index (κ1) is 10.5. The van der Waals surface area contributed by atoms with Gasteiger partial charge in [0.25, 0.3) is 0 Å². The Labute approximate surface area is 100 Å². The third-order valence-electron chi connectivity index (χ3n) is 3.24. The van der Waals surface area contributed by atoms with E-state index in [1.165, 1.54) is 5.56 Å². The lowest BCUT2D eigenvalue weighted by Crippen LogP contribution is -2.36. The topological polar surface area (TPSA) is 57.9 Å². The van der Waals surface area contributed by atoms with Crippen LogP contribution in [0.25, 0.3) is 0 Å². The third-order valence-corrected chi connectivity index (χ3v) is 3.24. The molecule has 1 unspecified atom stereocenters. The van der Waals surface area contributed by atoms with Crippen LogP contribution in [-0.4, -0.2) is 21.6 Å². The molecule has 0 amide bonds. The van der Waals surface area contributed by atoms with E-state index in [2.05, 4.69) is 39.4 Å². The zero-order valence-corrected chi connectivity index (χ0v) is 9.63. The molecule has 0 aliphatic carbocycles. The van der Waals surface area contributed by atoms with E-state index < -0.39 is 0 Å². The summed E-state index contributed by atoms with van der Waals surface area (Å²) in [7, 11) is 0. The van der Waals surface area contributed by atoms with Crippen LogP contribution >= 0.6 is 0 Å². The van der Waals surface area contributed by atoms with E-state index in [-0.39, 0.29) is 6.04 Å². The summed E-state index contributed by atoms with van der Waals surface area (Å²) in [5, 5.41) is 7.10. The molecular formula is C13H16N4. The highest BCUT2D eigenvalue weighted by Gasteiger charge is 2.23. The monoisotopic (exact) mass is 228 g/mol. The minimum Gasteiger partial charge on any atom is -0.323 e. The van der Waals surface area contributed by atoms with Gasteiger partial charge in [-0.05, 0) is 5.56 Å². The van der Waals surface area contributed by atoms with E-state index in [1.54, 1.807) is 0 Å². The van der Waals surface area contributed by atoms with Crippen molar-refractivity contribution in [3.63, 3.8) is 0 Å². The molecule has 3 N–H and O–H groups in total. The van der Waals surface area contributed by atoms with Crippen LogP contribution in [-0.2, 0) is 13.1 Å². The average molecular weight is 228 g/mol. The summed E-state index contributed by atoms with van der Waals surface area (Å²) in [6.45, 7) is 2.73. The van der Waals surface area contributed by atoms with Crippen LogP contribution in [0, 0.1) is 0 Å². The second-order valence-corrected chi connectivity index (χ2v) is 4.57. The molecule has 0 bridgehead atoms. The number of hydrogen-bond acceptors (Lipinski definition) is 3. The highest BCUT2D eigenvalue weighted by Crippen LogP contribution is 2.23. The molecule has 4 nitrogen and oxygen atoms in total. The predicted molar refractivity (Wildman–Crippen MR) is 66.1 cm³/mol. The summed E-state index contributed by atoms with van der Waals surface area (Å²) in [5.41, 5.74) is 9.77. The lowest BCUT2D eigenvalue weighted by molar-refractivity contribution is 0.220. The molecule has 1 aromatic heterocycles. The van der Waals surface area contributed by atoms with Gasteiger partial charge in [0.1, 0.15) is 0 Å². The molecule has 1 atom stereocenters. The molecule has 1 aliphatic rings. The first-order valence-electron chi connectivity index (χ1n) is 5.87. The van der Waals surface area contributed by atoms with Gasteiger partial charge in [0.15, 0.2) is 0 Å². The Morgan fingerprint density at radius 3 is 3.00 bits per heavy atom. The van der Waals surface area contributed by atoms with Crippen molar-refractivity contribution >= 4 is 0 Å².